The van der Waals surface area contributed by atoms with Crippen molar-refractivity contribution in [2.75, 3.05) is 39.5 Å². The van der Waals surface area contributed by atoms with Crippen LogP contribution in [-0.4, -0.2) is 152 Å². The molecule has 30 nitrogen and oxygen atoms in total. The van der Waals surface area contributed by atoms with Crippen LogP contribution >= 0.6 is 0 Å². The summed E-state index contributed by atoms with van der Waals surface area (Å²) in [5.41, 5.74) is 11.5. The first-order valence-corrected chi connectivity index (χ1v) is 37.3. The molecule has 3 unspecified atom stereocenters. The van der Waals surface area contributed by atoms with Gasteiger partial charge in [0.25, 0.3) is 17.7 Å². The monoisotopic (exact) mass is 1490 g/mol. The first-order valence-electron chi connectivity index (χ1n) is 34.5. The molecule has 6 aliphatic rings. The second-order valence-electron chi connectivity index (χ2n) is 27.2. The Balaban J connectivity index is 0.000000142. The van der Waals surface area contributed by atoms with Crippen LogP contribution in [0.25, 0.3) is 68.5 Å². The van der Waals surface area contributed by atoms with Crippen LogP contribution in [0.3, 0.4) is 0 Å². The quantitative estimate of drug-likeness (QED) is 0.0531. The Morgan fingerprint density at radius 1 is 0.458 bits per heavy atom. The minimum atomic E-state index is -4.58. The SMILES string of the molecule is CC(C)Oc1ccc(-c2nc(-c3cccc4c3CC3CC(=O)N(CCO)[C@H]43)no2)cc1C#N.CC(C)Oc1ccc(-c2nc(-c3cccc4c3CC3CC(=O)N(CCOS(=O)(=O)O)[C@H]43)no2)cc1C#N.CC(C)Oc1ccc(-c2nc(-c3cccc4c3CC3CC(=O)N(CCOS(=O)(=O)O)[C@H]43)no2)cc1C#N. The second kappa shape index (κ2) is 30.7. The van der Waals surface area contributed by atoms with E-state index in [-0.39, 0.29) is 117 Å². The van der Waals surface area contributed by atoms with Crippen molar-refractivity contribution in [2.24, 2.45) is 17.8 Å². The molecule has 0 spiro atoms. The molecule has 6 heterocycles. The molecule has 9 aromatic rings. The number of aliphatic hydroxyl groups excluding tert-OH is 1. The summed E-state index contributed by atoms with van der Waals surface area (Å²) in [7, 11) is -9.16. The normalized spacial score (nSPS) is 18.8. The van der Waals surface area contributed by atoms with Gasteiger partial charge in [0.15, 0.2) is 0 Å². The third-order valence-electron chi connectivity index (χ3n) is 19.2. The van der Waals surface area contributed by atoms with Crippen LogP contribution in [0.15, 0.2) is 123 Å². The van der Waals surface area contributed by atoms with Crippen LogP contribution in [0.4, 0.5) is 0 Å². The fraction of sp³-hybridized carbons (Fsp3) is 0.360. The van der Waals surface area contributed by atoms with E-state index >= 15 is 0 Å². The number of rotatable bonds is 22. The van der Waals surface area contributed by atoms with Crippen molar-refractivity contribution in [2.45, 2.75) is 117 Å². The van der Waals surface area contributed by atoms with Crippen LogP contribution < -0.4 is 14.2 Å². The van der Waals surface area contributed by atoms with Gasteiger partial charge in [0.1, 0.15) is 35.5 Å². The molecule has 3 amide bonds. The van der Waals surface area contributed by atoms with Gasteiger partial charge in [-0.15, -0.1) is 0 Å². The average Bonchev–Trinajstić information content (AvgIpc) is 1.60. The summed E-state index contributed by atoms with van der Waals surface area (Å²) in [5, 5.41) is 50.5. The molecule has 3 aliphatic carbocycles. The van der Waals surface area contributed by atoms with E-state index in [2.05, 4.69) is 57.0 Å². The molecule has 3 saturated heterocycles. The molecule has 107 heavy (non-hydrogen) atoms. The average molecular weight is 1490 g/mol. The van der Waals surface area contributed by atoms with Crippen LogP contribution in [0.1, 0.15) is 129 Å². The second-order valence-corrected chi connectivity index (χ2v) is 29.4. The first kappa shape index (κ1) is 74.0. The highest BCUT2D eigenvalue weighted by atomic mass is 32.3. The van der Waals surface area contributed by atoms with Crippen molar-refractivity contribution in [3.8, 4) is 104 Å². The third kappa shape index (κ3) is 15.7. The highest BCUT2D eigenvalue weighted by Gasteiger charge is 2.49. The van der Waals surface area contributed by atoms with Gasteiger partial charge in [-0.05, 0) is 167 Å². The molecular formula is C75H72N12O18S2. The van der Waals surface area contributed by atoms with Crippen LogP contribution in [-0.2, 0) is 62.8 Å². The van der Waals surface area contributed by atoms with E-state index in [4.69, 9.17) is 36.9 Å². The zero-order valence-corrected chi connectivity index (χ0v) is 60.4. The molecule has 6 atom stereocenters. The molecular weight excluding hydrogens is 1420 g/mol. The summed E-state index contributed by atoms with van der Waals surface area (Å²) in [6.45, 7) is 11.0. The smallest absolute Gasteiger partial charge is 0.397 e. The minimum Gasteiger partial charge on any atom is -0.490 e. The lowest BCUT2D eigenvalue weighted by atomic mass is 10.0. The predicted octanol–water partition coefficient (Wildman–Crippen LogP) is 10.2. The van der Waals surface area contributed by atoms with E-state index < -0.39 is 20.8 Å². The van der Waals surface area contributed by atoms with E-state index in [1.54, 1.807) is 69.3 Å². The number of hydrogen-bond donors (Lipinski definition) is 3. The van der Waals surface area contributed by atoms with E-state index in [1.165, 1.54) is 0 Å². The molecule has 552 valence electrons. The van der Waals surface area contributed by atoms with Gasteiger partial charge in [-0.25, -0.2) is 8.37 Å². The van der Waals surface area contributed by atoms with Gasteiger partial charge in [-0.1, -0.05) is 70.1 Å². The molecule has 0 radical (unpaired) electrons. The molecule has 15 rings (SSSR count). The summed E-state index contributed by atoms with van der Waals surface area (Å²) >= 11 is 0. The molecule has 3 aromatic heterocycles. The maximum atomic E-state index is 12.6. The number of fused-ring (bicyclic) bond motifs is 9. The predicted molar refractivity (Wildman–Crippen MR) is 378 cm³/mol. The largest absolute Gasteiger partial charge is 0.490 e. The number of hydrogen-bond acceptors (Lipinski definition) is 25. The zero-order chi connectivity index (χ0) is 75.8. The van der Waals surface area contributed by atoms with Crippen molar-refractivity contribution >= 4 is 38.5 Å². The molecule has 6 aromatic carbocycles. The Morgan fingerprint density at radius 2 is 0.757 bits per heavy atom. The lowest BCUT2D eigenvalue weighted by Gasteiger charge is -2.25. The highest BCUT2D eigenvalue weighted by Crippen LogP contribution is 2.52. The number of likely N-dealkylation sites (tertiary alicyclic amines) is 3. The van der Waals surface area contributed by atoms with Crippen LogP contribution in [0.5, 0.6) is 17.2 Å². The van der Waals surface area contributed by atoms with Crippen molar-refractivity contribution < 1.29 is 81.6 Å². The van der Waals surface area contributed by atoms with Crippen LogP contribution in [0.2, 0.25) is 0 Å². The van der Waals surface area contributed by atoms with Crippen molar-refractivity contribution in [1.29, 1.82) is 15.8 Å². The zero-order valence-electron chi connectivity index (χ0n) is 58.7. The third-order valence-corrected chi connectivity index (χ3v) is 20.1. The highest BCUT2D eigenvalue weighted by molar-refractivity contribution is 7.81. The van der Waals surface area contributed by atoms with E-state index in [0.29, 0.717) is 113 Å². The topological polar surface area (TPSA) is 424 Å². The summed E-state index contributed by atoms with van der Waals surface area (Å²) in [4.78, 5) is 56.3. The summed E-state index contributed by atoms with van der Waals surface area (Å²) in [5.74, 6) is 3.72. The summed E-state index contributed by atoms with van der Waals surface area (Å²) < 4.78 is 104. The van der Waals surface area contributed by atoms with Crippen LogP contribution in [0, 0.1) is 51.7 Å². The van der Waals surface area contributed by atoms with Gasteiger partial charge in [-0.2, -0.15) is 47.6 Å². The number of ether oxygens (including phenoxy) is 3. The number of nitrogens with zero attached hydrogens (tertiary/aromatic N) is 12. The summed E-state index contributed by atoms with van der Waals surface area (Å²) in [6.07, 6.45) is 2.95. The molecule has 3 fully saturated rings. The first-order chi connectivity index (χ1) is 51.3. The number of aromatic nitrogens is 6. The Bertz CT molecular complexity index is 5080. The van der Waals surface area contributed by atoms with Crippen molar-refractivity contribution in [3.05, 3.63) is 159 Å². The maximum Gasteiger partial charge on any atom is 0.397 e. The number of benzene rings is 6. The molecule has 32 heteroatoms. The number of carbonyl (C=O) groups is 3. The van der Waals surface area contributed by atoms with Gasteiger partial charge in [0, 0.05) is 72.3 Å². The Labute approximate surface area is 614 Å². The lowest BCUT2D eigenvalue weighted by Crippen LogP contribution is -2.32. The Morgan fingerprint density at radius 3 is 1.03 bits per heavy atom. The van der Waals surface area contributed by atoms with Gasteiger partial charge in [-0.3, -0.25) is 23.5 Å². The van der Waals surface area contributed by atoms with Gasteiger partial charge < -0.3 is 47.6 Å². The number of nitriles is 3. The van der Waals surface area contributed by atoms with E-state index in [9.17, 15) is 52.1 Å². The molecule has 0 saturated carbocycles. The van der Waals surface area contributed by atoms with Gasteiger partial charge in [0.2, 0.25) is 35.2 Å². The van der Waals surface area contributed by atoms with Crippen molar-refractivity contribution in [3.63, 3.8) is 0 Å². The number of β-amino-alcohol motifs (C(OH)–C–C–N with tert-alkyl or cyclic N) is 1. The van der Waals surface area contributed by atoms with E-state index in [0.717, 1.165) is 56.5 Å². The van der Waals surface area contributed by atoms with Gasteiger partial charge >= 0.3 is 20.8 Å². The Hall–Kier alpha value is -11.3. The molecule has 3 N–H and O–H groups in total. The lowest BCUT2D eigenvalue weighted by molar-refractivity contribution is -0.130. The maximum absolute atomic E-state index is 12.6. The Kier molecular flexibility index (Phi) is 21.2. The number of carbonyl (C=O) groups excluding carboxylic acids is 3. The number of aliphatic hydroxyl groups is 1. The molecule has 0 bridgehead atoms. The standard InChI is InChI=1S/2C25H24N4O7S.C25H24N4O4/c2*1-14(2)35-21-7-6-15(10-17(21)13-26)25-27-24(28-36-25)19-5-3-4-18-20(19)11-16-12-22(30)29(23(16)18)8-9-34-37(31,32)33;1-14(2)32-21-7-6-15(10-17(21)13-26)25-27-24(28-33-25)19-5-3-4-18-20(19)11-16-12-22(31)29(8-9-30)23(16)18/h2*3-7,10,14,16,23H,8-9,11-12H2,1-2H3,(H,31,32,33);3-7,10,14,16,23,30H,8-9,11-12H2,1-2H3/t3*16?,23-/m000/s1. The number of amides is 3. The van der Waals surface area contributed by atoms with Crippen molar-refractivity contribution in [1.82, 2.24) is 45.1 Å². The molecule has 3 aliphatic heterocycles. The fourth-order valence-electron chi connectivity index (χ4n) is 15.2. The summed E-state index contributed by atoms with van der Waals surface area (Å²) in [6, 6.07) is 38.7. The fourth-order valence-corrected chi connectivity index (χ4v) is 15.8. The minimum absolute atomic E-state index is 0.0161. The van der Waals surface area contributed by atoms with E-state index in [1.807, 2.05) is 96.1 Å². The van der Waals surface area contributed by atoms with Gasteiger partial charge in [0.05, 0.1) is 72.9 Å².